The van der Waals surface area contributed by atoms with E-state index in [4.69, 9.17) is 0 Å². The number of hydrogen-bond donors (Lipinski definition) is 1. The Morgan fingerprint density at radius 1 is 1.08 bits per heavy atom. The summed E-state index contributed by atoms with van der Waals surface area (Å²) >= 11 is 3.02. The minimum atomic E-state index is -0.0521. The molecule has 0 fully saturated rings. The number of fused-ring (bicyclic) bond motifs is 5. The maximum Gasteiger partial charge on any atom is 0.268 e. The van der Waals surface area contributed by atoms with E-state index in [2.05, 4.69) is 27.6 Å². The number of aryl methyl sites for hydroxylation is 3. The van der Waals surface area contributed by atoms with Gasteiger partial charge in [-0.1, -0.05) is 59.8 Å². The summed E-state index contributed by atoms with van der Waals surface area (Å²) in [7, 11) is 0. The van der Waals surface area contributed by atoms with Gasteiger partial charge in [0.2, 0.25) is 11.7 Å². The fourth-order valence-electron chi connectivity index (χ4n) is 5.20. The first-order valence-corrected chi connectivity index (χ1v) is 14.8. The molecular formula is C29H29N5O2S2. The number of nitrogens with zero attached hydrogens (tertiary/aromatic N) is 4. The number of rotatable bonds is 7. The zero-order valence-electron chi connectivity index (χ0n) is 21.4. The first-order chi connectivity index (χ1) is 18.5. The number of amides is 1. The largest absolute Gasteiger partial charge is 0.353 e. The third-order valence-corrected chi connectivity index (χ3v) is 9.21. The summed E-state index contributed by atoms with van der Waals surface area (Å²) in [5, 5.41) is 13.4. The highest BCUT2D eigenvalue weighted by Crippen LogP contribution is 2.36. The van der Waals surface area contributed by atoms with Crippen molar-refractivity contribution >= 4 is 45.0 Å². The van der Waals surface area contributed by atoms with Gasteiger partial charge in [-0.05, 0) is 69.2 Å². The molecule has 38 heavy (non-hydrogen) atoms. The smallest absolute Gasteiger partial charge is 0.268 e. The molecule has 0 bridgehead atoms. The molecule has 0 aliphatic heterocycles. The SMILES string of the molecule is Cc1ccc(-n2c(=O)c3c4c(sc3n3c(SCC(=O)N[C@H](C)Cc5ccccc5)nnc23)CCCC4)cc1. The Morgan fingerprint density at radius 2 is 1.84 bits per heavy atom. The molecule has 1 aliphatic carbocycles. The van der Waals surface area contributed by atoms with Crippen molar-refractivity contribution in [3.8, 4) is 5.69 Å². The molecule has 3 aromatic heterocycles. The zero-order valence-corrected chi connectivity index (χ0v) is 23.1. The maximum absolute atomic E-state index is 13.9. The molecule has 2 aromatic carbocycles. The summed E-state index contributed by atoms with van der Waals surface area (Å²) in [6.07, 6.45) is 4.91. The van der Waals surface area contributed by atoms with Crippen LogP contribution in [0, 0.1) is 6.92 Å². The van der Waals surface area contributed by atoms with Crippen molar-refractivity contribution in [2.75, 3.05) is 5.75 Å². The topological polar surface area (TPSA) is 81.3 Å². The molecular weight excluding hydrogens is 514 g/mol. The van der Waals surface area contributed by atoms with Crippen molar-refractivity contribution in [1.82, 2.24) is 24.5 Å². The van der Waals surface area contributed by atoms with Crippen molar-refractivity contribution in [3.05, 3.63) is 86.5 Å². The Labute approximate surface area is 228 Å². The number of thioether (sulfide) groups is 1. The third-order valence-electron chi connectivity index (χ3n) is 7.01. The van der Waals surface area contributed by atoms with Gasteiger partial charge in [-0.2, -0.15) is 0 Å². The van der Waals surface area contributed by atoms with Crippen molar-refractivity contribution in [2.24, 2.45) is 0 Å². The van der Waals surface area contributed by atoms with Crippen molar-refractivity contribution in [1.29, 1.82) is 0 Å². The Balaban J connectivity index is 1.35. The predicted molar refractivity (Wildman–Crippen MR) is 154 cm³/mol. The molecule has 1 aliphatic rings. The van der Waals surface area contributed by atoms with Gasteiger partial charge in [0.15, 0.2) is 5.16 Å². The number of hydrogen-bond acceptors (Lipinski definition) is 6. The van der Waals surface area contributed by atoms with Crippen molar-refractivity contribution in [3.63, 3.8) is 0 Å². The van der Waals surface area contributed by atoms with E-state index in [-0.39, 0.29) is 23.3 Å². The van der Waals surface area contributed by atoms with E-state index in [1.807, 2.05) is 60.7 Å². The molecule has 1 amide bonds. The van der Waals surface area contributed by atoms with Gasteiger partial charge in [-0.3, -0.25) is 9.59 Å². The van der Waals surface area contributed by atoms with Gasteiger partial charge in [0.1, 0.15) is 4.83 Å². The van der Waals surface area contributed by atoms with Gasteiger partial charge in [0, 0.05) is 10.9 Å². The fraction of sp³-hybridized carbons (Fsp3) is 0.310. The van der Waals surface area contributed by atoms with Crippen LogP contribution >= 0.6 is 23.1 Å². The summed E-state index contributed by atoms with van der Waals surface area (Å²) in [4.78, 5) is 28.9. The van der Waals surface area contributed by atoms with Crippen LogP contribution in [0.1, 0.15) is 41.3 Å². The van der Waals surface area contributed by atoms with Gasteiger partial charge in [-0.15, -0.1) is 21.5 Å². The van der Waals surface area contributed by atoms with E-state index in [9.17, 15) is 9.59 Å². The van der Waals surface area contributed by atoms with E-state index in [1.54, 1.807) is 15.9 Å². The second-order valence-corrected chi connectivity index (χ2v) is 12.0. The van der Waals surface area contributed by atoms with E-state index >= 15 is 0 Å². The minimum Gasteiger partial charge on any atom is -0.353 e. The number of thiophene rings is 1. The van der Waals surface area contributed by atoms with Gasteiger partial charge in [0.25, 0.3) is 5.56 Å². The number of aromatic nitrogens is 4. The van der Waals surface area contributed by atoms with Gasteiger partial charge in [0.05, 0.1) is 16.8 Å². The number of nitrogens with one attached hydrogen (secondary N) is 1. The molecule has 9 heteroatoms. The minimum absolute atomic E-state index is 0.0167. The number of carbonyl (C=O) groups is 1. The standard InChI is InChI=1S/C29H29N5O2S2/c1-18-12-14-21(15-13-18)33-26(36)25-22-10-6-7-11-23(22)38-27(25)34-28(33)31-32-29(34)37-17-24(35)30-19(2)16-20-8-4-3-5-9-20/h3-5,8-9,12-15,19H,6-7,10-11,16-17H2,1-2H3,(H,30,35)/t19-/m1/s1. The van der Waals surface area contributed by atoms with Crippen LogP contribution in [0.15, 0.2) is 64.5 Å². The normalized spacial score (nSPS) is 14.1. The molecule has 3 heterocycles. The summed E-state index contributed by atoms with van der Waals surface area (Å²) in [6, 6.07) is 18.1. The molecule has 1 N–H and O–H groups in total. The molecule has 0 radical (unpaired) electrons. The third kappa shape index (κ3) is 4.65. The Bertz CT molecular complexity index is 1690. The molecule has 1 atom stereocenters. The lowest BCUT2D eigenvalue weighted by atomic mass is 9.97. The van der Waals surface area contributed by atoms with E-state index < -0.39 is 0 Å². The molecule has 194 valence electrons. The second kappa shape index (κ2) is 10.4. The molecule has 0 saturated heterocycles. The lowest BCUT2D eigenvalue weighted by Crippen LogP contribution is -2.35. The fourth-order valence-corrected chi connectivity index (χ4v) is 7.38. The van der Waals surface area contributed by atoms with E-state index in [0.29, 0.717) is 10.9 Å². The highest BCUT2D eigenvalue weighted by atomic mass is 32.2. The molecule has 0 spiro atoms. The van der Waals surface area contributed by atoms with Crippen LogP contribution in [0.2, 0.25) is 0 Å². The lowest BCUT2D eigenvalue weighted by Gasteiger charge is -2.14. The maximum atomic E-state index is 13.9. The summed E-state index contributed by atoms with van der Waals surface area (Å²) in [5.41, 5.74) is 4.19. The summed E-state index contributed by atoms with van der Waals surface area (Å²) in [5.74, 6) is 0.643. The summed E-state index contributed by atoms with van der Waals surface area (Å²) in [6.45, 7) is 4.04. The highest BCUT2D eigenvalue weighted by Gasteiger charge is 2.26. The first kappa shape index (κ1) is 24.9. The Morgan fingerprint density at radius 3 is 2.63 bits per heavy atom. The van der Waals surface area contributed by atoms with Gasteiger partial charge < -0.3 is 5.32 Å². The Hall–Kier alpha value is -3.43. The molecule has 5 aromatic rings. The predicted octanol–water partition coefficient (Wildman–Crippen LogP) is 5.12. The van der Waals surface area contributed by atoms with E-state index in [0.717, 1.165) is 53.6 Å². The molecule has 6 rings (SSSR count). The average molecular weight is 544 g/mol. The van der Waals surface area contributed by atoms with Crippen LogP contribution in [0.3, 0.4) is 0 Å². The average Bonchev–Trinajstić information content (AvgIpc) is 3.51. The highest BCUT2D eigenvalue weighted by molar-refractivity contribution is 7.99. The van der Waals surface area contributed by atoms with Crippen LogP contribution in [0.5, 0.6) is 0 Å². The molecule has 0 saturated carbocycles. The van der Waals surface area contributed by atoms with Crippen LogP contribution in [0.4, 0.5) is 0 Å². The van der Waals surface area contributed by atoms with Crippen molar-refractivity contribution in [2.45, 2.75) is 57.1 Å². The van der Waals surface area contributed by atoms with Crippen LogP contribution < -0.4 is 10.9 Å². The molecule has 0 unspecified atom stereocenters. The quantitative estimate of drug-likeness (QED) is 0.288. The van der Waals surface area contributed by atoms with Gasteiger partial charge >= 0.3 is 0 Å². The van der Waals surface area contributed by atoms with E-state index in [1.165, 1.54) is 27.8 Å². The zero-order chi connectivity index (χ0) is 26.2. The van der Waals surface area contributed by atoms with Crippen LogP contribution in [-0.4, -0.2) is 36.9 Å². The van der Waals surface area contributed by atoms with Gasteiger partial charge in [-0.25, -0.2) is 8.97 Å². The number of carbonyl (C=O) groups excluding carboxylic acids is 1. The Kier molecular flexibility index (Phi) is 6.80. The van der Waals surface area contributed by atoms with Crippen LogP contribution in [-0.2, 0) is 24.1 Å². The monoisotopic (exact) mass is 543 g/mol. The summed E-state index contributed by atoms with van der Waals surface area (Å²) < 4.78 is 3.65. The first-order valence-electron chi connectivity index (χ1n) is 13.0. The van der Waals surface area contributed by atoms with Crippen LogP contribution in [0.25, 0.3) is 21.7 Å². The van der Waals surface area contributed by atoms with Crippen molar-refractivity contribution < 1.29 is 4.79 Å². The number of benzene rings is 2. The molecule has 7 nitrogen and oxygen atoms in total. The second-order valence-electron chi connectivity index (χ2n) is 9.93. The lowest BCUT2D eigenvalue weighted by molar-refractivity contribution is -0.119.